The number of aliphatic hydroxyl groups is 1. The van der Waals surface area contributed by atoms with Gasteiger partial charge in [-0.1, -0.05) is 53.3 Å². The lowest BCUT2D eigenvalue weighted by molar-refractivity contribution is -0.132. The van der Waals surface area contributed by atoms with E-state index in [4.69, 9.17) is 4.98 Å². The molecule has 0 spiro atoms. The standard InChI is InChI=1S/C29H26N2O3S/c1-15-7-6-8-20(11-15)25-24(26(32)21-10-9-16(2)17(3)12-21)27(33)28(34)31(25)29-30-22-13-18(4)19(5)14-23(22)35-29/h6-14,25,32H,1-5H3/b26-24+. The zero-order chi connectivity index (χ0) is 25.0. The van der Waals surface area contributed by atoms with Gasteiger partial charge in [0, 0.05) is 5.56 Å². The average Bonchev–Trinajstić information content (AvgIpc) is 3.33. The first-order valence-electron chi connectivity index (χ1n) is 11.5. The molecule has 0 bridgehead atoms. The van der Waals surface area contributed by atoms with Crippen LogP contribution in [0.4, 0.5) is 5.13 Å². The van der Waals surface area contributed by atoms with Crippen molar-refractivity contribution in [3.05, 3.63) is 99.1 Å². The Bertz CT molecular complexity index is 1520. The molecule has 0 saturated carbocycles. The van der Waals surface area contributed by atoms with Crippen LogP contribution in [0.3, 0.4) is 0 Å². The molecule has 35 heavy (non-hydrogen) atoms. The van der Waals surface area contributed by atoms with E-state index in [1.807, 2.05) is 77.1 Å². The molecular formula is C29H26N2O3S. The Morgan fingerprint density at radius 1 is 0.886 bits per heavy atom. The number of carbonyl (C=O) groups excluding carboxylic acids is 2. The minimum atomic E-state index is -0.778. The third-order valence-corrected chi connectivity index (χ3v) is 7.80. The Labute approximate surface area is 208 Å². The molecule has 176 valence electrons. The average molecular weight is 483 g/mol. The van der Waals surface area contributed by atoms with Gasteiger partial charge in [0.1, 0.15) is 5.76 Å². The second kappa shape index (κ2) is 8.47. The molecule has 4 aromatic rings. The van der Waals surface area contributed by atoms with E-state index in [1.165, 1.54) is 16.2 Å². The van der Waals surface area contributed by atoms with Gasteiger partial charge in [-0.15, -0.1) is 0 Å². The van der Waals surface area contributed by atoms with Crippen molar-refractivity contribution in [2.75, 3.05) is 4.90 Å². The summed E-state index contributed by atoms with van der Waals surface area (Å²) in [6.07, 6.45) is 0. The summed E-state index contributed by atoms with van der Waals surface area (Å²) in [6, 6.07) is 16.5. The number of aliphatic hydroxyl groups excluding tert-OH is 1. The molecule has 1 aromatic heterocycles. The van der Waals surface area contributed by atoms with Gasteiger partial charge in [0.25, 0.3) is 5.78 Å². The lowest BCUT2D eigenvalue weighted by atomic mass is 9.93. The number of carbonyl (C=O) groups is 2. The second-order valence-corrected chi connectivity index (χ2v) is 10.3. The lowest BCUT2D eigenvalue weighted by Gasteiger charge is -2.23. The Balaban J connectivity index is 1.75. The fourth-order valence-electron chi connectivity index (χ4n) is 4.50. The van der Waals surface area contributed by atoms with Crippen molar-refractivity contribution in [3.8, 4) is 0 Å². The van der Waals surface area contributed by atoms with Crippen LogP contribution < -0.4 is 4.90 Å². The van der Waals surface area contributed by atoms with E-state index in [0.717, 1.165) is 43.6 Å². The molecule has 3 aromatic carbocycles. The van der Waals surface area contributed by atoms with Gasteiger partial charge in [-0.3, -0.25) is 14.5 Å². The number of fused-ring (bicyclic) bond motifs is 1. The maximum atomic E-state index is 13.5. The fourth-order valence-corrected chi connectivity index (χ4v) is 5.57. The van der Waals surface area contributed by atoms with Crippen LogP contribution in [0.15, 0.2) is 60.2 Å². The van der Waals surface area contributed by atoms with Crippen molar-refractivity contribution < 1.29 is 14.7 Å². The Morgan fingerprint density at radius 3 is 2.31 bits per heavy atom. The van der Waals surface area contributed by atoms with E-state index in [1.54, 1.807) is 6.07 Å². The smallest absolute Gasteiger partial charge is 0.301 e. The van der Waals surface area contributed by atoms with Crippen LogP contribution in [-0.2, 0) is 9.59 Å². The Hall–Kier alpha value is -3.77. The van der Waals surface area contributed by atoms with Crippen molar-refractivity contribution in [3.63, 3.8) is 0 Å². The first-order chi connectivity index (χ1) is 16.7. The zero-order valence-electron chi connectivity index (χ0n) is 20.3. The maximum Gasteiger partial charge on any atom is 0.301 e. The van der Waals surface area contributed by atoms with Crippen LogP contribution in [-0.4, -0.2) is 21.8 Å². The number of hydrogen-bond donors (Lipinski definition) is 1. The minimum Gasteiger partial charge on any atom is -0.507 e. The van der Waals surface area contributed by atoms with Crippen molar-refractivity contribution in [1.82, 2.24) is 4.98 Å². The van der Waals surface area contributed by atoms with E-state index < -0.39 is 17.7 Å². The molecule has 5 nitrogen and oxygen atoms in total. The molecule has 5 rings (SSSR count). The zero-order valence-corrected chi connectivity index (χ0v) is 21.2. The van der Waals surface area contributed by atoms with Gasteiger partial charge < -0.3 is 5.11 Å². The predicted molar refractivity (Wildman–Crippen MR) is 141 cm³/mol. The second-order valence-electron chi connectivity index (χ2n) is 9.28. The van der Waals surface area contributed by atoms with Crippen molar-refractivity contribution in [2.45, 2.75) is 40.7 Å². The first kappa shape index (κ1) is 23.0. The van der Waals surface area contributed by atoms with Crippen LogP contribution >= 0.6 is 11.3 Å². The quantitative estimate of drug-likeness (QED) is 0.207. The number of Topliss-reactive ketones (excluding diaryl/α,β-unsaturated/α-hetero) is 1. The van der Waals surface area contributed by atoms with Gasteiger partial charge in [-0.25, -0.2) is 4.98 Å². The van der Waals surface area contributed by atoms with Gasteiger partial charge in [-0.2, -0.15) is 0 Å². The topological polar surface area (TPSA) is 70.5 Å². The van der Waals surface area contributed by atoms with Gasteiger partial charge in [0.15, 0.2) is 5.13 Å². The van der Waals surface area contributed by atoms with Crippen molar-refractivity contribution in [2.24, 2.45) is 0 Å². The molecule has 1 N–H and O–H groups in total. The molecule has 1 aliphatic rings. The van der Waals surface area contributed by atoms with E-state index in [-0.39, 0.29) is 11.3 Å². The highest BCUT2D eigenvalue weighted by Gasteiger charge is 2.48. The number of aryl methyl sites for hydroxylation is 5. The highest BCUT2D eigenvalue weighted by molar-refractivity contribution is 7.22. The number of rotatable bonds is 3. The SMILES string of the molecule is Cc1cccc(C2/C(=C(\O)c3ccc(C)c(C)c3)C(=O)C(=O)N2c2nc3cc(C)c(C)cc3s2)c1. The molecule has 1 saturated heterocycles. The molecule has 0 aliphatic carbocycles. The van der Waals surface area contributed by atoms with Gasteiger partial charge >= 0.3 is 5.91 Å². The van der Waals surface area contributed by atoms with Crippen molar-refractivity contribution >= 4 is 44.1 Å². The van der Waals surface area contributed by atoms with Gasteiger partial charge in [-0.05, 0) is 80.6 Å². The number of thiazole rings is 1. The van der Waals surface area contributed by atoms with Crippen LogP contribution in [0.25, 0.3) is 16.0 Å². The van der Waals surface area contributed by atoms with Crippen molar-refractivity contribution in [1.29, 1.82) is 0 Å². The van der Waals surface area contributed by atoms with E-state index in [0.29, 0.717) is 10.7 Å². The number of amides is 1. The monoisotopic (exact) mass is 482 g/mol. The highest BCUT2D eigenvalue weighted by Crippen LogP contribution is 2.44. The fraction of sp³-hybridized carbons (Fsp3) is 0.207. The molecule has 2 heterocycles. The van der Waals surface area contributed by atoms with Crippen LogP contribution in [0.1, 0.15) is 45.0 Å². The minimum absolute atomic E-state index is 0.0791. The van der Waals surface area contributed by atoms with Crippen LogP contribution in [0.2, 0.25) is 0 Å². The lowest BCUT2D eigenvalue weighted by Crippen LogP contribution is -2.29. The summed E-state index contributed by atoms with van der Waals surface area (Å²) in [5, 5.41) is 11.8. The Kier molecular flexibility index (Phi) is 5.56. The third-order valence-electron chi connectivity index (χ3n) is 6.78. The summed E-state index contributed by atoms with van der Waals surface area (Å²) in [4.78, 5) is 33.0. The van der Waals surface area contributed by atoms with Gasteiger partial charge in [0.2, 0.25) is 0 Å². The summed E-state index contributed by atoms with van der Waals surface area (Å²) in [7, 11) is 0. The molecule has 0 radical (unpaired) electrons. The summed E-state index contributed by atoms with van der Waals surface area (Å²) < 4.78 is 0.946. The number of anilines is 1. The molecule has 1 unspecified atom stereocenters. The summed E-state index contributed by atoms with van der Waals surface area (Å²) >= 11 is 1.38. The molecule has 1 atom stereocenters. The number of benzene rings is 3. The normalized spacial score (nSPS) is 17.5. The molecular weight excluding hydrogens is 456 g/mol. The molecule has 1 aliphatic heterocycles. The maximum absolute atomic E-state index is 13.5. The summed E-state index contributed by atoms with van der Waals surface area (Å²) in [5.74, 6) is -1.57. The van der Waals surface area contributed by atoms with Crippen LogP contribution in [0, 0.1) is 34.6 Å². The first-order valence-corrected chi connectivity index (χ1v) is 12.3. The summed E-state index contributed by atoms with van der Waals surface area (Å²) in [6.45, 7) is 9.96. The molecule has 6 heteroatoms. The summed E-state index contributed by atoms with van der Waals surface area (Å²) in [5.41, 5.74) is 7.45. The number of ketones is 1. The molecule has 1 fully saturated rings. The third kappa shape index (κ3) is 3.84. The predicted octanol–water partition coefficient (Wildman–Crippen LogP) is 6.46. The number of nitrogens with zero attached hydrogens (tertiary/aromatic N) is 2. The highest BCUT2D eigenvalue weighted by atomic mass is 32.1. The number of aromatic nitrogens is 1. The van der Waals surface area contributed by atoms with E-state index in [9.17, 15) is 14.7 Å². The number of hydrogen-bond acceptors (Lipinski definition) is 5. The van der Waals surface area contributed by atoms with E-state index >= 15 is 0 Å². The Morgan fingerprint density at radius 2 is 1.60 bits per heavy atom. The van der Waals surface area contributed by atoms with E-state index in [2.05, 4.69) is 6.07 Å². The van der Waals surface area contributed by atoms with Gasteiger partial charge in [0.05, 0.1) is 21.8 Å². The largest absolute Gasteiger partial charge is 0.507 e. The molecule has 1 amide bonds. The van der Waals surface area contributed by atoms with Crippen LogP contribution in [0.5, 0.6) is 0 Å².